The highest BCUT2D eigenvalue weighted by molar-refractivity contribution is 7.18. The summed E-state index contributed by atoms with van der Waals surface area (Å²) in [4.78, 5) is 25.4. The normalized spacial score (nSPS) is 15.1. The van der Waals surface area contributed by atoms with Crippen LogP contribution in [0.2, 0.25) is 0 Å². The molecule has 3 aromatic rings. The van der Waals surface area contributed by atoms with E-state index in [0.717, 1.165) is 33.7 Å². The molecule has 0 fully saturated rings. The van der Waals surface area contributed by atoms with Crippen molar-refractivity contribution in [1.29, 1.82) is 0 Å². The Bertz CT molecular complexity index is 1060. The second kappa shape index (κ2) is 7.53. The predicted molar refractivity (Wildman–Crippen MR) is 106 cm³/mol. The molecule has 10 heteroatoms. The van der Waals surface area contributed by atoms with Gasteiger partial charge >= 0.3 is 6.01 Å². The Labute approximate surface area is 165 Å². The molecule has 1 aliphatic rings. The number of thiophene rings is 1. The molecule has 9 nitrogen and oxygen atoms in total. The van der Waals surface area contributed by atoms with Crippen molar-refractivity contribution < 1.29 is 14.9 Å². The molecule has 0 saturated heterocycles. The summed E-state index contributed by atoms with van der Waals surface area (Å²) in [5, 5.41) is 22.6. The summed E-state index contributed by atoms with van der Waals surface area (Å²) >= 11 is 1.59. The molecule has 3 aromatic heterocycles. The number of H-pyrrole nitrogens is 1. The number of aliphatic hydroxyl groups is 2. The van der Waals surface area contributed by atoms with E-state index in [9.17, 15) is 9.90 Å². The summed E-state index contributed by atoms with van der Waals surface area (Å²) < 4.78 is 7.03. The van der Waals surface area contributed by atoms with Crippen molar-refractivity contribution in [3.05, 3.63) is 32.6 Å². The van der Waals surface area contributed by atoms with E-state index in [1.807, 2.05) is 0 Å². The van der Waals surface area contributed by atoms with Crippen molar-refractivity contribution in [1.82, 2.24) is 19.7 Å². The molecule has 4 heterocycles. The maximum absolute atomic E-state index is 12.2. The van der Waals surface area contributed by atoms with E-state index in [4.69, 9.17) is 9.84 Å². The number of hydrogen-bond acceptors (Lipinski definition) is 8. The first-order chi connectivity index (χ1) is 13.5. The van der Waals surface area contributed by atoms with Gasteiger partial charge in [-0.25, -0.2) is 0 Å². The maximum atomic E-state index is 12.2. The van der Waals surface area contributed by atoms with E-state index in [1.54, 1.807) is 18.4 Å². The number of aromatic amines is 1. The Morgan fingerprint density at radius 1 is 1.43 bits per heavy atom. The Morgan fingerprint density at radius 2 is 2.25 bits per heavy atom. The van der Waals surface area contributed by atoms with Crippen LogP contribution in [0.3, 0.4) is 0 Å². The van der Waals surface area contributed by atoms with Crippen molar-refractivity contribution in [2.24, 2.45) is 7.05 Å². The summed E-state index contributed by atoms with van der Waals surface area (Å²) in [5.41, 5.74) is 1.74. The highest BCUT2D eigenvalue weighted by atomic mass is 32.1. The molecule has 1 unspecified atom stereocenters. The first kappa shape index (κ1) is 18.9. The lowest BCUT2D eigenvalue weighted by molar-refractivity contribution is 0.0506. The van der Waals surface area contributed by atoms with Gasteiger partial charge in [-0.05, 0) is 18.9 Å². The first-order valence-electron chi connectivity index (χ1n) is 9.24. The van der Waals surface area contributed by atoms with Crippen LogP contribution in [-0.2, 0) is 26.4 Å². The number of nitrogens with zero attached hydrogens (tertiary/aromatic N) is 4. The second-order valence-corrected chi connectivity index (χ2v) is 7.98. The van der Waals surface area contributed by atoms with Crippen molar-refractivity contribution in [3.63, 3.8) is 0 Å². The molecule has 1 atom stereocenters. The fraction of sp³-hybridized carbons (Fsp3) is 0.500. The molecule has 0 amide bonds. The predicted octanol–water partition coefficient (Wildman–Crippen LogP) is 0.575. The molecule has 0 radical (unpaired) electrons. The van der Waals surface area contributed by atoms with Gasteiger partial charge in [0.1, 0.15) is 23.4 Å². The van der Waals surface area contributed by atoms with Crippen molar-refractivity contribution in [2.45, 2.75) is 32.4 Å². The fourth-order valence-corrected chi connectivity index (χ4v) is 4.33. The van der Waals surface area contributed by atoms with Gasteiger partial charge < -0.3 is 19.8 Å². The fourth-order valence-electron chi connectivity index (χ4n) is 3.38. The summed E-state index contributed by atoms with van der Waals surface area (Å²) in [6.45, 7) is 2.85. The molecular weight excluding hydrogens is 382 g/mol. The number of hydrogen-bond donors (Lipinski definition) is 3. The van der Waals surface area contributed by atoms with Gasteiger partial charge in [-0.2, -0.15) is 9.97 Å². The highest BCUT2D eigenvalue weighted by Gasteiger charge is 2.25. The van der Waals surface area contributed by atoms with Gasteiger partial charge in [0.2, 0.25) is 0 Å². The largest absolute Gasteiger partial charge is 0.461 e. The van der Waals surface area contributed by atoms with Crippen molar-refractivity contribution in [3.8, 4) is 6.01 Å². The summed E-state index contributed by atoms with van der Waals surface area (Å²) in [6, 6.07) is 2.28. The Kier molecular flexibility index (Phi) is 5.09. The van der Waals surface area contributed by atoms with Gasteiger partial charge in [0.15, 0.2) is 0 Å². The van der Waals surface area contributed by atoms with Gasteiger partial charge in [0, 0.05) is 24.0 Å². The molecule has 0 bridgehead atoms. The van der Waals surface area contributed by atoms with Crippen LogP contribution in [0.25, 0.3) is 10.2 Å². The summed E-state index contributed by atoms with van der Waals surface area (Å²) in [7, 11) is 1.72. The standard InChI is InChI=1S/C18H23N5O4S/c1-3-11-6-13-15(19-18(20-16(13)28-11)27-9-10(25)8-24)23-5-4-12-14(7-23)21-22(2)17(12)26/h6,10,21,24-25H,3-5,7-9H2,1-2H3. The summed E-state index contributed by atoms with van der Waals surface area (Å²) in [6.07, 6.45) is 0.557. The van der Waals surface area contributed by atoms with E-state index in [1.165, 1.54) is 9.56 Å². The number of aromatic nitrogens is 4. The molecule has 0 aliphatic carbocycles. The van der Waals surface area contributed by atoms with E-state index in [2.05, 4.69) is 33.0 Å². The lowest BCUT2D eigenvalue weighted by Crippen LogP contribution is -2.33. The van der Waals surface area contributed by atoms with Gasteiger partial charge in [-0.3, -0.25) is 14.6 Å². The number of nitrogens with one attached hydrogen (secondary N) is 1. The SMILES string of the molecule is CCc1cc2c(N3CCc4c([nH]n(C)c4=O)C3)nc(OCC(O)CO)nc2s1. The van der Waals surface area contributed by atoms with Crippen LogP contribution in [0, 0.1) is 0 Å². The number of fused-ring (bicyclic) bond motifs is 2. The molecule has 0 spiro atoms. The van der Waals surface area contributed by atoms with Gasteiger partial charge in [-0.1, -0.05) is 6.92 Å². The van der Waals surface area contributed by atoms with Crippen LogP contribution >= 0.6 is 11.3 Å². The average Bonchev–Trinajstić information content (AvgIpc) is 3.25. The van der Waals surface area contributed by atoms with Crippen molar-refractivity contribution >= 4 is 27.4 Å². The average molecular weight is 405 g/mol. The minimum Gasteiger partial charge on any atom is -0.461 e. The van der Waals surface area contributed by atoms with Crippen LogP contribution < -0.4 is 15.2 Å². The quantitative estimate of drug-likeness (QED) is 0.549. The van der Waals surface area contributed by atoms with Crippen LogP contribution in [0.5, 0.6) is 6.01 Å². The van der Waals surface area contributed by atoms with E-state index in [-0.39, 0.29) is 24.8 Å². The highest BCUT2D eigenvalue weighted by Crippen LogP contribution is 2.34. The van der Waals surface area contributed by atoms with E-state index < -0.39 is 6.10 Å². The number of anilines is 1. The number of aliphatic hydroxyl groups excluding tert-OH is 2. The lowest BCUT2D eigenvalue weighted by atomic mass is 10.1. The van der Waals surface area contributed by atoms with Crippen LogP contribution in [-0.4, -0.2) is 55.8 Å². The third kappa shape index (κ3) is 3.38. The molecule has 150 valence electrons. The van der Waals surface area contributed by atoms with Crippen LogP contribution in [0.15, 0.2) is 10.9 Å². The minimum absolute atomic E-state index is 0.0216. The third-order valence-corrected chi connectivity index (χ3v) is 6.05. The lowest BCUT2D eigenvalue weighted by Gasteiger charge is -2.27. The summed E-state index contributed by atoms with van der Waals surface area (Å²) in [5.74, 6) is 0.754. The zero-order valence-electron chi connectivity index (χ0n) is 15.8. The number of rotatable bonds is 6. The molecular formula is C18H23N5O4S. The Morgan fingerprint density at radius 3 is 3.00 bits per heavy atom. The third-order valence-electron chi connectivity index (χ3n) is 4.88. The molecule has 4 rings (SSSR count). The van der Waals surface area contributed by atoms with E-state index in [0.29, 0.717) is 19.5 Å². The molecule has 28 heavy (non-hydrogen) atoms. The smallest absolute Gasteiger partial charge is 0.319 e. The van der Waals surface area contributed by atoms with Crippen LogP contribution in [0.4, 0.5) is 5.82 Å². The minimum atomic E-state index is -0.982. The van der Waals surface area contributed by atoms with E-state index >= 15 is 0 Å². The van der Waals surface area contributed by atoms with Gasteiger partial charge in [-0.15, -0.1) is 11.3 Å². The monoisotopic (exact) mass is 405 g/mol. The maximum Gasteiger partial charge on any atom is 0.319 e. The zero-order chi connectivity index (χ0) is 19.8. The van der Waals surface area contributed by atoms with Crippen molar-refractivity contribution in [2.75, 3.05) is 24.7 Å². The molecule has 0 aromatic carbocycles. The molecule has 3 N–H and O–H groups in total. The zero-order valence-corrected chi connectivity index (χ0v) is 16.6. The molecule has 1 aliphatic heterocycles. The van der Waals surface area contributed by atoms with Gasteiger partial charge in [0.05, 0.1) is 24.2 Å². The van der Waals surface area contributed by atoms with Crippen LogP contribution in [0.1, 0.15) is 23.1 Å². The Hall–Kier alpha value is -2.43. The van der Waals surface area contributed by atoms with Gasteiger partial charge in [0.25, 0.3) is 5.56 Å². The number of ether oxygens (including phenoxy) is 1. The number of aryl methyl sites for hydroxylation is 2. The second-order valence-electron chi connectivity index (χ2n) is 6.87. The Balaban J connectivity index is 1.72. The topological polar surface area (TPSA) is 117 Å². The first-order valence-corrected chi connectivity index (χ1v) is 10.1. The molecule has 0 saturated carbocycles.